The summed E-state index contributed by atoms with van der Waals surface area (Å²) in [5.41, 5.74) is 6.61. The molecule has 0 spiro atoms. The Bertz CT molecular complexity index is 905. The number of nitrogens with one attached hydrogen (secondary N) is 1. The molecule has 0 bridgehead atoms. The molecule has 2 aromatic rings. The minimum Gasteiger partial charge on any atom is -0.489 e. The number of nitrogens with zero attached hydrogens (tertiary/aromatic N) is 2. The summed E-state index contributed by atoms with van der Waals surface area (Å²) >= 11 is 0. The molecule has 4 rings (SSSR count). The van der Waals surface area contributed by atoms with Gasteiger partial charge in [0.25, 0.3) is 0 Å². The highest BCUT2D eigenvalue weighted by Crippen LogP contribution is 2.36. The van der Waals surface area contributed by atoms with Gasteiger partial charge in [-0.25, -0.2) is 0 Å². The van der Waals surface area contributed by atoms with E-state index in [0.29, 0.717) is 0 Å². The number of hydrogen-bond acceptors (Lipinski definition) is 4. The molecule has 2 aliphatic rings. The summed E-state index contributed by atoms with van der Waals surface area (Å²) in [5.74, 6) is 0.875. The molecular weight excluding hydrogens is 374 g/mol. The smallest absolute Gasteiger partial charge is 0.217 e. The highest BCUT2D eigenvalue weighted by Gasteiger charge is 2.27. The topological polar surface area (TPSA) is 44.8 Å². The van der Waals surface area contributed by atoms with Crippen molar-refractivity contribution in [3.63, 3.8) is 0 Å². The van der Waals surface area contributed by atoms with E-state index in [9.17, 15) is 4.79 Å². The third kappa shape index (κ3) is 4.25. The average molecular weight is 408 g/mol. The largest absolute Gasteiger partial charge is 0.489 e. The fourth-order valence-corrected chi connectivity index (χ4v) is 4.65. The van der Waals surface area contributed by atoms with Gasteiger partial charge >= 0.3 is 0 Å². The van der Waals surface area contributed by atoms with Crippen LogP contribution in [0.1, 0.15) is 49.4 Å². The van der Waals surface area contributed by atoms with Gasteiger partial charge in [-0.15, -0.1) is 0 Å². The van der Waals surface area contributed by atoms with Gasteiger partial charge in [0.05, 0.1) is 12.6 Å². The summed E-state index contributed by atoms with van der Waals surface area (Å²) in [6.07, 6.45) is 2.51. The van der Waals surface area contributed by atoms with Crippen molar-refractivity contribution in [3.8, 4) is 5.75 Å². The van der Waals surface area contributed by atoms with Crippen LogP contribution in [0.4, 0.5) is 11.4 Å². The molecule has 2 aromatic carbocycles. The van der Waals surface area contributed by atoms with Gasteiger partial charge in [-0.05, 0) is 62.1 Å². The van der Waals surface area contributed by atoms with Crippen molar-refractivity contribution >= 4 is 17.3 Å². The van der Waals surface area contributed by atoms with Gasteiger partial charge in [0, 0.05) is 44.4 Å². The van der Waals surface area contributed by atoms with Crippen molar-refractivity contribution in [3.05, 3.63) is 53.1 Å². The SMILES string of the molecule is CC(=O)NC(C)c1ccc(OC2CCN(c3ccc(C)c(N4CCC4)c3C)C2)cc1. The molecule has 5 nitrogen and oxygen atoms in total. The van der Waals surface area contributed by atoms with Crippen LogP contribution in [0, 0.1) is 13.8 Å². The molecule has 5 heteroatoms. The van der Waals surface area contributed by atoms with Gasteiger partial charge in [-0.3, -0.25) is 4.79 Å². The lowest BCUT2D eigenvalue weighted by atomic mass is 10.0. The van der Waals surface area contributed by atoms with E-state index in [1.807, 2.05) is 31.2 Å². The summed E-state index contributed by atoms with van der Waals surface area (Å²) in [6.45, 7) is 12.3. The number of aryl methyl sites for hydroxylation is 1. The second kappa shape index (κ2) is 8.58. The van der Waals surface area contributed by atoms with Crippen molar-refractivity contribution in [2.24, 2.45) is 0 Å². The van der Waals surface area contributed by atoms with Crippen molar-refractivity contribution < 1.29 is 9.53 Å². The summed E-state index contributed by atoms with van der Waals surface area (Å²) in [7, 11) is 0. The van der Waals surface area contributed by atoms with E-state index < -0.39 is 0 Å². The maximum absolute atomic E-state index is 11.3. The molecule has 2 saturated heterocycles. The van der Waals surface area contributed by atoms with Crippen LogP contribution >= 0.6 is 0 Å². The van der Waals surface area contributed by atoms with Crippen molar-refractivity contribution in [1.82, 2.24) is 5.32 Å². The minimum absolute atomic E-state index is 0.00337. The molecule has 2 aliphatic heterocycles. The zero-order valence-corrected chi connectivity index (χ0v) is 18.6. The van der Waals surface area contributed by atoms with E-state index >= 15 is 0 Å². The molecule has 0 aliphatic carbocycles. The van der Waals surface area contributed by atoms with Crippen LogP contribution in [0.5, 0.6) is 5.75 Å². The summed E-state index contributed by atoms with van der Waals surface area (Å²) in [5, 5.41) is 2.92. The lowest BCUT2D eigenvalue weighted by molar-refractivity contribution is -0.119. The molecule has 2 fully saturated rings. The van der Waals surface area contributed by atoms with Crippen LogP contribution in [0.15, 0.2) is 36.4 Å². The highest BCUT2D eigenvalue weighted by molar-refractivity contribution is 5.73. The number of anilines is 2. The Morgan fingerprint density at radius 2 is 1.80 bits per heavy atom. The first-order valence-electron chi connectivity index (χ1n) is 11.1. The second-order valence-corrected chi connectivity index (χ2v) is 8.68. The van der Waals surface area contributed by atoms with Crippen molar-refractivity contribution in [2.45, 2.75) is 52.7 Å². The van der Waals surface area contributed by atoms with Gasteiger partial charge < -0.3 is 19.9 Å². The third-order valence-electron chi connectivity index (χ3n) is 6.36. The van der Waals surface area contributed by atoms with Crippen LogP contribution < -0.4 is 19.9 Å². The van der Waals surface area contributed by atoms with Gasteiger partial charge in [0.2, 0.25) is 5.91 Å². The summed E-state index contributed by atoms with van der Waals surface area (Å²) in [4.78, 5) is 16.2. The van der Waals surface area contributed by atoms with E-state index in [-0.39, 0.29) is 18.1 Å². The molecular formula is C25H33N3O2. The molecule has 0 radical (unpaired) electrons. The first kappa shape index (κ1) is 20.6. The number of benzene rings is 2. The zero-order valence-electron chi connectivity index (χ0n) is 18.6. The maximum atomic E-state index is 11.3. The van der Waals surface area contributed by atoms with E-state index in [1.165, 1.54) is 42.0 Å². The van der Waals surface area contributed by atoms with Crippen molar-refractivity contribution in [1.29, 1.82) is 0 Å². The van der Waals surface area contributed by atoms with Gasteiger partial charge in [-0.2, -0.15) is 0 Å². The maximum Gasteiger partial charge on any atom is 0.217 e. The van der Waals surface area contributed by atoms with Crippen LogP contribution in [0.3, 0.4) is 0 Å². The Morgan fingerprint density at radius 3 is 2.43 bits per heavy atom. The lowest BCUT2D eigenvalue weighted by Gasteiger charge is -2.37. The Hall–Kier alpha value is -2.69. The Balaban J connectivity index is 1.40. The molecule has 1 amide bonds. The van der Waals surface area contributed by atoms with E-state index in [0.717, 1.165) is 30.8 Å². The van der Waals surface area contributed by atoms with Crippen LogP contribution in [0.25, 0.3) is 0 Å². The number of hydrogen-bond donors (Lipinski definition) is 1. The molecule has 160 valence electrons. The third-order valence-corrected chi connectivity index (χ3v) is 6.36. The summed E-state index contributed by atoms with van der Waals surface area (Å²) in [6, 6.07) is 12.6. The fraction of sp³-hybridized carbons (Fsp3) is 0.480. The number of amides is 1. The molecule has 2 atom stereocenters. The number of rotatable bonds is 6. The lowest BCUT2D eigenvalue weighted by Crippen LogP contribution is -2.38. The van der Waals surface area contributed by atoms with Crippen LogP contribution in [0.2, 0.25) is 0 Å². The van der Waals surface area contributed by atoms with Crippen LogP contribution in [-0.2, 0) is 4.79 Å². The Kier molecular flexibility index (Phi) is 5.89. The quantitative estimate of drug-likeness (QED) is 0.772. The predicted molar refractivity (Wildman–Crippen MR) is 123 cm³/mol. The molecule has 30 heavy (non-hydrogen) atoms. The first-order chi connectivity index (χ1) is 14.4. The molecule has 2 unspecified atom stereocenters. The first-order valence-corrected chi connectivity index (χ1v) is 11.1. The monoisotopic (exact) mass is 407 g/mol. The Labute approximate surface area is 180 Å². The molecule has 0 saturated carbocycles. The van der Waals surface area contributed by atoms with Gasteiger partial charge in [0.15, 0.2) is 0 Å². The number of ether oxygens (including phenoxy) is 1. The fourth-order valence-electron chi connectivity index (χ4n) is 4.65. The highest BCUT2D eigenvalue weighted by atomic mass is 16.5. The number of carbonyl (C=O) groups is 1. The van der Waals surface area contributed by atoms with Crippen LogP contribution in [-0.4, -0.2) is 38.2 Å². The van der Waals surface area contributed by atoms with E-state index in [1.54, 1.807) is 6.92 Å². The second-order valence-electron chi connectivity index (χ2n) is 8.68. The Morgan fingerprint density at radius 1 is 1.07 bits per heavy atom. The van der Waals surface area contributed by atoms with E-state index in [2.05, 4.69) is 41.1 Å². The number of carbonyl (C=O) groups excluding carboxylic acids is 1. The van der Waals surface area contributed by atoms with Gasteiger partial charge in [-0.1, -0.05) is 18.2 Å². The molecule has 0 aromatic heterocycles. The molecule has 1 N–H and O–H groups in total. The van der Waals surface area contributed by atoms with Crippen molar-refractivity contribution in [2.75, 3.05) is 36.0 Å². The minimum atomic E-state index is -0.0162. The summed E-state index contributed by atoms with van der Waals surface area (Å²) < 4.78 is 6.28. The average Bonchev–Trinajstić information content (AvgIpc) is 3.11. The van der Waals surface area contributed by atoms with Gasteiger partial charge in [0.1, 0.15) is 11.9 Å². The molecule has 2 heterocycles. The normalized spacial score (nSPS) is 19.4. The zero-order chi connectivity index (χ0) is 21.3. The standard InChI is InChI=1S/C25H33N3O2/c1-17-6-11-24(18(2)25(17)27-13-5-14-27)28-15-12-23(16-28)30-22-9-7-21(8-10-22)19(3)26-20(4)29/h6-11,19,23H,5,12-16H2,1-4H3,(H,26,29). The van der Waals surface area contributed by atoms with E-state index in [4.69, 9.17) is 4.74 Å². The predicted octanol–water partition coefficient (Wildman–Crippen LogP) is 4.37.